The second-order valence-electron chi connectivity index (χ2n) is 3.66. The Balaban J connectivity index is 2.80. The van der Waals surface area contributed by atoms with Gasteiger partial charge in [-0.2, -0.15) is 0 Å². The summed E-state index contributed by atoms with van der Waals surface area (Å²) in [5.74, 6) is 0. The lowest BCUT2D eigenvalue weighted by molar-refractivity contribution is 0.274. The standard InChI is InChI=1S/C10H14BrNOS/c1-10(2,7-13-14-3)8-5-4-6-9(11)12-8/h4-6H,7H2,1-3H3. The molecule has 0 amide bonds. The number of hydrogen-bond donors (Lipinski definition) is 0. The van der Waals surface area contributed by atoms with E-state index >= 15 is 0 Å². The molecule has 0 aliphatic carbocycles. The Hall–Kier alpha value is -0.0600. The number of pyridine rings is 1. The molecule has 0 aliphatic heterocycles. The van der Waals surface area contributed by atoms with Gasteiger partial charge in [-0.25, -0.2) is 4.98 Å². The Bertz CT molecular complexity index is 304. The molecular weight excluding hydrogens is 262 g/mol. The first-order valence-electron chi connectivity index (χ1n) is 4.35. The molecule has 0 fully saturated rings. The summed E-state index contributed by atoms with van der Waals surface area (Å²) in [6.07, 6.45) is 1.92. The summed E-state index contributed by atoms with van der Waals surface area (Å²) in [5.41, 5.74) is 0.994. The van der Waals surface area contributed by atoms with E-state index in [1.807, 2.05) is 24.5 Å². The molecule has 0 saturated heterocycles. The second-order valence-corrected chi connectivity index (χ2v) is 5.04. The Labute approximate surface area is 97.8 Å². The third kappa shape index (κ3) is 3.26. The molecule has 0 aliphatic rings. The van der Waals surface area contributed by atoms with Crippen LogP contribution in [-0.2, 0) is 9.60 Å². The number of nitrogens with zero attached hydrogens (tertiary/aromatic N) is 1. The highest BCUT2D eigenvalue weighted by Crippen LogP contribution is 2.24. The van der Waals surface area contributed by atoms with Gasteiger partial charge >= 0.3 is 0 Å². The van der Waals surface area contributed by atoms with Crippen LogP contribution in [-0.4, -0.2) is 17.8 Å². The van der Waals surface area contributed by atoms with Gasteiger partial charge in [-0.3, -0.25) is 0 Å². The van der Waals surface area contributed by atoms with E-state index in [1.54, 1.807) is 0 Å². The average molecular weight is 276 g/mol. The lowest BCUT2D eigenvalue weighted by Crippen LogP contribution is -2.24. The van der Waals surface area contributed by atoms with E-state index in [2.05, 4.69) is 34.8 Å². The maximum absolute atomic E-state index is 5.35. The van der Waals surface area contributed by atoms with Gasteiger partial charge in [0.1, 0.15) is 4.60 Å². The van der Waals surface area contributed by atoms with Gasteiger partial charge in [-0.15, -0.1) is 0 Å². The van der Waals surface area contributed by atoms with E-state index < -0.39 is 0 Å². The summed E-state index contributed by atoms with van der Waals surface area (Å²) in [6, 6.07) is 5.94. The molecule has 2 nitrogen and oxygen atoms in total. The first-order chi connectivity index (χ1) is 6.56. The molecule has 1 aromatic heterocycles. The SMILES string of the molecule is CSOCC(C)(C)c1cccc(Br)n1. The molecular formula is C10H14BrNOS. The zero-order valence-electron chi connectivity index (χ0n) is 8.58. The van der Waals surface area contributed by atoms with Crippen molar-refractivity contribution in [2.75, 3.05) is 12.9 Å². The summed E-state index contributed by atoms with van der Waals surface area (Å²) >= 11 is 4.75. The lowest BCUT2D eigenvalue weighted by atomic mass is 9.90. The van der Waals surface area contributed by atoms with Crippen molar-refractivity contribution in [2.24, 2.45) is 0 Å². The predicted molar refractivity (Wildman–Crippen MR) is 64.4 cm³/mol. The van der Waals surface area contributed by atoms with Crippen LogP contribution < -0.4 is 0 Å². The van der Waals surface area contributed by atoms with E-state index in [1.165, 1.54) is 12.0 Å². The second kappa shape index (κ2) is 5.14. The summed E-state index contributed by atoms with van der Waals surface area (Å²) in [6.45, 7) is 4.91. The minimum atomic E-state index is -0.0488. The van der Waals surface area contributed by atoms with E-state index in [4.69, 9.17) is 4.18 Å². The predicted octanol–water partition coefficient (Wildman–Crippen LogP) is 3.42. The summed E-state index contributed by atoms with van der Waals surface area (Å²) in [7, 11) is 0. The van der Waals surface area contributed by atoms with Crippen LogP contribution >= 0.6 is 28.0 Å². The summed E-state index contributed by atoms with van der Waals surface area (Å²) in [5, 5.41) is 0. The van der Waals surface area contributed by atoms with Crippen molar-refractivity contribution >= 4 is 28.0 Å². The van der Waals surface area contributed by atoms with Gasteiger partial charge in [0.05, 0.1) is 6.61 Å². The molecule has 0 aromatic carbocycles. The van der Waals surface area contributed by atoms with Gasteiger partial charge in [0.15, 0.2) is 0 Å². The third-order valence-electron chi connectivity index (χ3n) is 1.95. The molecule has 1 rings (SSSR count). The molecule has 1 heterocycles. The van der Waals surface area contributed by atoms with Crippen LogP contribution in [0.15, 0.2) is 22.8 Å². The van der Waals surface area contributed by atoms with Gasteiger partial charge in [-0.05, 0) is 40.1 Å². The van der Waals surface area contributed by atoms with Crippen LogP contribution in [0.25, 0.3) is 0 Å². The van der Waals surface area contributed by atoms with Gasteiger partial charge in [0.2, 0.25) is 0 Å². The zero-order chi connectivity index (χ0) is 10.6. The third-order valence-corrected chi connectivity index (χ3v) is 2.74. The number of aromatic nitrogens is 1. The number of rotatable bonds is 4. The molecule has 0 bridgehead atoms. The van der Waals surface area contributed by atoms with Crippen LogP contribution in [0.2, 0.25) is 0 Å². The van der Waals surface area contributed by atoms with Gasteiger partial charge in [0, 0.05) is 17.4 Å². The molecule has 0 N–H and O–H groups in total. The number of halogens is 1. The smallest absolute Gasteiger partial charge is 0.106 e. The van der Waals surface area contributed by atoms with Crippen molar-refractivity contribution < 1.29 is 4.18 Å². The van der Waals surface area contributed by atoms with Gasteiger partial charge < -0.3 is 4.18 Å². The Morgan fingerprint density at radius 1 is 1.50 bits per heavy atom. The zero-order valence-corrected chi connectivity index (χ0v) is 11.0. The minimum absolute atomic E-state index is 0.0488. The van der Waals surface area contributed by atoms with Crippen LogP contribution in [0.3, 0.4) is 0 Å². The van der Waals surface area contributed by atoms with Crippen molar-refractivity contribution in [3.05, 3.63) is 28.5 Å². The van der Waals surface area contributed by atoms with Crippen LogP contribution in [0.4, 0.5) is 0 Å². The van der Waals surface area contributed by atoms with Gasteiger partial charge in [0.25, 0.3) is 0 Å². The highest BCUT2D eigenvalue weighted by molar-refractivity contribution is 9.10. The van der Waals surface area contributed by atoms with Crippen molar-refractivity contribution in [3.63, 3.8) is 0 Å². The van der Waals surface area contributed by atoms with Crippen LogP contribution in [0, 0.1) is 0 Å². The molecule has 0 radical (unpaired) electrons. The lowest BCUT2D eigenvalue weighted by Gasteiger charge is -2.22. The topological polar surface area (TPSA) is 22.1 Å². The molecule has 14 heavy (non-hydrogen) atoms. The summed E-state index contributed by atoms with van der Waals surface area (Å²) in [4.78, 5) is 4.43. The fourth-order valence-corrected chi connectivity index (χ4v) is 1.82. The largest absolute Gasteiger partial charge is 0.315 e. The van der Waals surface area contributed by atoms with E-state index in [9.17, 15) is 0 Å². The highest BCUT2D eigenvalue weighted by Gasteiger charge is 2.22. The molecule has 1 aromatic rings. The Morgan fingerprint density at radius 2 is 2.21 bits per heavy atom. The van der Waals surface area contributed by atoms with Crippen molar-refractivity contribution in [2.45, 2.75) is 19.3 Å². The molecule has 0 atom stereocenters. The number of hydrogen-bond acceptors (Lipinski definition) is 3. The van der Waals surface area contributed by atoms with Crippen molar-refractivity contribution in [1.29, 1.82) is 0 Å². The van der Waals surface area contributed by atoms with Crippen LogP contribution in [0.5, 0.6) is 0 Å². The molecule has 0 unspecified atom stereocenters. The van der Waals surface area contributed by atoms with E-state index in [0.717, 1.165) is 10.3 Å². The maximum atomic E-state index is 5.35. The van der Waals surface area contributed by atoms with E-state index in [-0.39, 0.29) is 5.41 Å². The van der Waals surface area contributed by atoms with Gasteiger partial charge in [-0.1, -0.05) is 19.9 Å². The van der Waals surface area contributed by atoms with Crippen LogP contribution in [0.1, 0.15) is 19.5 Å². The van der Waals surface area contributed by atoms with E-state index in [0.29, 0.717) is 6.61 Å². The fourth-order valence-electron chi connectivity index (χ4n) is 1.07. The highest BCUT2D eigenvalue weighted by atomic mass is 79.9. The van der Waals surface area contributed by atoms with Crippen molar-refractivity contribution in [1.82, 2.24) is 4.98 Å². The average Bonchev–Trinajstić information content (AvgIpc) is 2.15. The fraction of sp³-hybridized carbons (Fsp3) is 0.500. The minimum Gasteiger partial charge on any atom is -0.315 e. The maximum Gasteiger partial charge on any atom is 0.106 e. The quantitative estimate of drug-likeness (QED) is 0.621. The molecule has 4 heteroatoms. The molecule has 0 spiro atoms. The normalized spacial score (nSPS) is 11.7. The summed E-state index contributed by atoms with van der Waals surface area (Å²) < 4.78 is 6.22. The first kappa shape index (κ1) is 12.0. The molecule has 0 saturated carbocycles. The van der Waals surface area contributed by atoms with Crippen molar-refractivity contribution in [3.8, 4) is 0 Å². The first-order valence-corrected chi connectivity index (χ1v) is 6.29. The monoisotopic (exact) mass is 275 g/mol. The Kier molecular flexibility index (Phi) is 4.41. The Morgan fingerprint density at radius 3 is 2.79 bits per heavy atom. The molecule has 78 valence electrons.